The number of rotatable bonds is 5. The number of hydrogen-bond acceptors (Lipinski definition) is 4. The van der Waals surface area contributed by atoms with Gasteiger partial charge in [0.15, 0.2) is 0 Å². The largest absolute Gasteiger partial charge is 0.490 e. The second kappa shape index (κ2) is 14.0. The van der Waals surface area contributed by atoms with Crippen LogP contribution >= 0.6 is 0 Å². The molecule has 2 N–H and O–H groups in total. The Kier molecular flexibility index (Phi) is 13.0. The van der Waals surface area contributed by atoms with Gasteiger partial charge in [0.1, 0.15) is 0 Å². The molecule has 1 aromatic carbocycles. The van der Waals surface area contributed by atoms with E-state index in [9.17, 15) is 26.3 Å². The molecule has 0 aliphatic carbocycles. The molecule has 2 rings (SSSR count). The SMILES string of the molecule is CCC1CN(C[C@@H](CC)c2ccccc2)CCN1C.O=C(O)C(F)(F)F.O=C(O)C(F)(F)F. The molecule has 33 heavy (non-hydrogen) atoms. The molecule has 1 saturated heterocycles. The zero-order chi connectivity index (χ0) is 25.8. The molecule has 12 heteroatoms. The predicted octanol–water partition coefficient (Wildman–Crippen LogP) is 4.47. The van der Waals surface area contributed by atoms with Crippen LogP contribution in [0.1, 0.15) is 38.2 Å². The van der Waals surface area contributed by atoms with Gasteiger partial charge in [0, 0.05) is 32.2 Å². The van der Waals surface area contributed by atoms with Gasteiger partial charge in [-0.15, -0.1) is 0 Å². The number of carboxylic acids is 2. The fraction of sp³-hybridized carbons (Fsp3) is 0.619. The Morgan fingerprint density at radius 2 is 1.42 bits per heavy atom. The van der Waals surface area contributed by atoms with E-state index in [2.05, 4.69) is 61.0 Å². The van der Waals surface area contributed by atoms with Crippen molar-refractivity contribution in [3.63, 3.8) is 0 Å². The van der Waals surface area contributed by atoms with Crippen molar-refractivity contribution in [2.45, 2.75) is 51.0 Å². The molecular formula is C21H30F6N2O4. The average molecular weight is 488 g/mol. The number of likely N-dealkylation sites (N-methyl/N-ethyl adjacent to an activating group) is 1. The van der Waals surface area contributed by atoms with Crippen LogP contribution in [0.3, 0.4) is 0 Å². The number of aliphatic carboxylic acids is 2. The smallest absolute Gasteiger partial charge is 0.475 e. The summed E-state index contributed by atoms with van der Waals surface area (Å²) in [5, 5.41) is 14.2. The minimum absolute atomic E-state index is 0.683. The minimum atomic E-state index is -5.08. The standard InChI is InChI=1S/C17H28N2.2C2HF3O2/c1-4-15(16-9-7-6-8-10-16)13-19-12-11-18(3)17(5-2)14-19;2*3-2(4,5)1(6)7/h6-10,15,17H,4-5,11-14H2,1-3H3;2*(H,6,7)/t15-,17?;;/m1../s1. The molecule has 0 amide bonds. The van der Waals surface area contributed by atoms with E-state index >= 15 is 0 Å². The maximum absolute atomic E-state index is 10.6. The van der Waals surface area contributed by atoms with E-state index in [1.807, 2.05) is 0 Å². The summed E-state index contributed by atoms with van der Waals surface area (Å²) < 4.78 is 63.5. The van der Waals surface area contributed by atoms with Gasteiger partial charge in [-0.2, -0.15) is 26.3 Å². The van der Waals surface area contributed by atoms with Gasteiger partial charge in [-0.25, -0.2) is 9.59 Å². The number of alkyl halides is 6. The summed E-state index contributed by atoms with van der Waals surface area (Å²) in [6.45, 7) is 9.49. The first-order valence-corrected chi connectivity index (χ1v) is 10.2. The molecule has 0 saturated carbocycles. The van der Waals surface area contributed by atoms with Crippen molar-refractivity contribution in [1.82, 2.24) is 9.80 Å². The Morgan fingerprint density at radius 1 is 0.970 bits per heavy atom. The van der Waals surface area contributed by atoms with E-state index in [0.717, 1.165) is 6.04 Å². The summed E-state index contributed by atoms with van der Waals surface area (Å²) in [5.41, 5.74) is 1.50. The Labute approximate surface area is 188 Å². The van der Waals surface area contributed by atoms with Crippen LogP contribution in [0.2, 0.25) is 0 Å². The van der Waals surface area contributed by atoms with Gasteiger partial charge < -0.3 is 15.1 Å². The van der Waals surface area contributed by atoms with Crippen LogP contribution in [0.15, 0.2) is 30.3 Å². The first-order valence-electron chi connectivity index (χ1n) is 10.2. The van der Waals surface area contributed by atoms with Gasteiger partial charge >= 0.3 is 24.3 Å². The lowest BCUT2D eigenvalue weighted by molar-refractivity contribution is -0.193. The van der Waals surface area contributed by atoms with Crippen LogP contribution in [-0.4, -0.2) is 83.6 Å². The molecule has 1 aromatic rings. The first kappa shape index (κ1) is 30.7. The molecule has 0 bridgehead atoms. The van der Waals surface area contributed by atoms with Gasteiger partial charge in [-0.05, 0) is 31.4 Å². The number of halogens is 6. The maximum Gasteiger partial charge on any atom is 0.490 e. The van der Waals surface area contributed by atoms with E-state index in [0.29, 0.717) is 5.92 Å². The number of carbonyl (C=O) groups is 2. The molecule has 1 aliphatic heterocycles. The number of carboxylic acid groups (broad SMARTS) is 2. The molecule has 190 valence electrons. The highest BCUT2D eigenvalue weighted by molar-refractivity contribution is 5.73. The Balaban J connectivity index is 0.000000605. The maximum atomic E-state index is 10.6. The van der Waals surface area contributed by atoms with Gasteiger partial charge in [-0.3, -0.25) is 4.90 Å². The number of hydrogen-bond donors (Lipinski definition) is 2. The Morgan fingerprint density at radius 3 is 1.79 bits per heavy atom. The third kappa shape index (κ3) is 12.5. The van der Waals surface area contributed by atoms with Crippen LogP contribution in [0.25, 0.3) is 0 Å². The summed E-state index contributed by atoms with van der Waals surface area (Å²) in [6.07, 6.45) is -7.68. The second-order valence-electron chi connectivity index (χ2n) is 7.42. The van der Waals surface area contributed by atoms with Crippen molar-refractivity contribution in [2.75, 3.05) is 33.2 Å². The zero-order valence-electron chi connectivity index (χ0n) is 18.7. The summed E-state index contributed by atoms with van der Waals surface area (Å²) in [6, 6.07) is 11.7. The Bertz CT molecular complexity index is 689. The fourth-order valence-corrected chi connectivity index (χ4v) is 3.12. The molecule has 1 unspecified atom stereocenters. The van der Waals surface area contributed by atoms with Gasteiger partial charge in [0.05, 0.1) is 0 Å². The van der Waals surface area contributed by atoms with E-state index < -0.39 is 24.3 Å². The fourth-order valence-electron chi connectivity index (χ4n) is 3.12. The number of benzene rings is 1. The van der Waals surface area contributed by atoms with E-state index in [4.69, 9.17) is 19.8 Å². The summed E-state index contributed by atoms with van der Waals surface area (Å²) in [7, 11) is 2.26. The van der Waals surface area contributed by atoms with Gasteiger partial charge in [0.2, 0.25) is 0 Å². The van der Waals surface area contributed by atoms with E-state index in [1.165, 1.54) is 44.6 Å². The van der Waals surface area contributed by atoms with Crippen LogP contribution < -0.4 is 0 Å². The van der Waals surface area contributed by atoms with Crippen molar-refractivity contribution < 1.29 is 46.1 Å². The third-order valence-electron chi connectivity index (χ3n) is 5.06. The first-order chi connectivity index (χ1) is 15.1. The van der Waals surface area contributed by atoms with Crippen LogP contribution in [0, 0.1) is 0 Å². The highest BCUT2D eigenvalue weighted by atomic mass is 19.4. The topological polar surface area (TPSA) is 81.1 Å². The minimum Gasteiger partial charge on any atom is -0.475 e. The molecule has 1 heterocycles. The Hall–Kier alpha value is -2.34. The van der Waals surface area contributed by atoms with Crippen molar-refractivity contribution >= 4 is 11.9 Å². The highest BCUT2D eigenvalue weighted by Crippen LogP contribution is 2.22. The molecule has 0 spiro atoms. The van der Waals surface area contributed by atoms with Gasteiger partial charge in [-0.1, -0.05) is 44.2 Å². The number of piperazine rings is 1. The van der Waals surface area contributed by atoms with Crippen LogP contribution in [0.5, 0.6) is 0 Å². The molecule has 1 aliphatic rings. The lowest BCUT2D eigenvalue weighted by atomic mass is 9.95. The van der Waals surface area contributed by atoms with Gasteiger partial charge in [0.25, 0.3) is 0 Å². The summed E-state index contributed by atoms with van der Waals surface area (Å²) >= 11 is 0. The van der Waals surface area contributed by atoms with Crippen molar-refractivity contribution in [3.05, 3.63) is 35.9 Å². The lowest BCUT2D eigenvalue weighted by Gasteiger charge is -2.40. The van der Waals surface area contributed by atoms with E-state index in [-0.39, 0.29) is 0 Å². The normalized spacial score (nSPS) is 18.3. The van der Waals surface area contributed by atoms with E-state index in [1.54, 1.807) is 0 Å². The van der Waals surface area contributed by atoms with Crippen molar-refractivity contribution in [2.24, 2.45) is 0 Å². The zero-order valence-corrected chi connectivity index (χ0v) is 18.7. The van der Waals surface area contributed by atoms with Crippen molar-refractivity contribution in [3.8, 4) is 0 Å². The monoisotopic (exact) mass is 488 g/mol. The third-order valence-corrected chi connectivity index (χ3v) is 5.06. The molecule has 1 fully saturated rings. The summed E-state index contributed by atoms with van der Waals surface area (Å²) in [5.74, 6) is -4.83. The predicted molar refractivity (Wildman–Crippen MR) is 110 cm³/mol. The molecule has 0 radical (unpaired) electrons. The highest BCUT2D eigenvalue weighted by Gasteiger charge is 2.38. The average Bonchev–Trinajstić information content (AvgIpc) is 2.73. The molecule has 0 aromatic heterocycles. The van der Waals surface area contributed by atoms with Crippen LogP contribution in [0.4, 0.5) is 26.3 Å². The molecule has 6 nitrogen and oxygen atoms in total. The quantitative estimate of drug-likeness (QED) is 0.596. The number of nitrogens with zero attached hydrogens (tertiary/aromatic N) is 2. The molecule has 2 atom stereocenters. The summed E-state index contributed by atoms with van der Waals surface area (Å²) in [4.78, 5) is 23.0. The molecular weight excluding hydrogens is 458 g/mol. The lowest BCUT2D eigenvalue weighted by Crippen LogP contribution is -2.51. The van der Waals surface area contributed by atoms with Crippen LogP contribution in [-0.2, 0) is 9.59 Å². The second-order valence-corrected chi connectivity index (χ2v) is 7.42. The van der Waals surface area contributed by atoms with Crippen molar-refractivity contribution in [1.29, 1.82) is 0 Å².